The molecule has 1 rings (SSSR count). The van der Waals surface area contributed by atoms with Gasteiger partial charge in [-0.2, -0.15) is 5.10 Å². The molecule has 0 aromatic carbocycles. The first-order valence-electron chi connectivity index (χ1n) is 5.60. The second-order valence-corrected chi connectivity index (χ2v) is 3.81. The molecule has 0 bridgehead atoms. The Balaban J connectivity index is 2.55. The molecule has 0 saturated carbocycles. The second-order valence-electron chi connectivity index (χ2n) is 3.81. The monoisotopic (exact) mass is 211 g/mol. The van der Waals surface area contributed by atoms with E-state index in [1.807, 2.05) is 17.1 Å². The summed E-state index contributed by atoms with van der Waals surface area (Å²) in [6.07, 6.45) is 4.86. The summed E-state index contributed by atoms with van der Waals surface area (Å²) in [5.74, 6) is 0. The maximum Gasteiger partial charge on any atom is 0.0584 e. The van der Waals surface area contributed by atoms with Gasteiger partial charge in [-0.15, -0.1) is 0 Å². The summed E-state index contributed by atoms with van der Waals surface area (Å²) in [4.78, 5) is 0. The minimum Gasteiger partial charge on any atom is -0.395 e. The van der Waals surface area contributed by atoms with E-state index in [0.717, 1.165) is 13.0 Å². The van der Waals surface area contributed by atoms with Gasteiger partial charge in [0.2, 0.25) is 0 Å². The molecule has 0 aliphatic carbocycles. The molecule has 15 heavy (non-hydrogen) atoms. The van der Waals surface area contributed by atoms with E-state index in [2.05, 4.69) is 31.2 Å². The lowest BCUT2D eigenvalue weighted by molar-refractivity contribution is 0.230. The highest BCUT2D eigenvalue weighted by molar-refractivity contribution is 5.09. The molecule has 86 valence electrons. The van der Waals surface area contributed by atoms with Gasteiger partial charge in [0.05, 0.1) is 12.8 Å². The van der Waals surface area contributed by atoms with E-state index in [0.29, 0.717) is 0 Å². The Labute approximate surface area is 91.3 Å². The van der Waals surface area contributed by atoms with Gasteiger partial charge in [-0.1, -0.05) is 6.92 Å². The number of aliphatic hydroxyl groups is 1. The zero-order chi connectivity index (χ0) is 11.3. The first-order chi connectivity index (χ1) is 7.21. The van der Waals surface area contributed by atoms with Gasteiger partial charge < -0.3 is 10.4 Å². The molecular formula is C11H21N3O. The van der Waals surface area contributed by atoms with Crippen molar-refractivity contribution in [3.8, 4) is 0 Å². The molecule has 0 aliphatic heterocycles. The molecule has 0 amide bonds. The van der Waals surface area contributed by atoms with Crippen LogP contribution in [0.3, 0.4) is 0 Å². The summed E-state index contributed by atoms with van der Waals surface area (Å²) >= 11 is 0. The highest BCUT2D eigenvalue weighted by atomic mass is 16.3. The van der Waals surface area contributed by atoms with Crippen molar-refractivity contribution in [2.75, 3.05) is 6.61 Å². The minimum absolute atomic E-state index is 0.171. The molecular weight excluding hydrogens is 190 g/mol. The third-order valence-electron chi connectivity index (χ3n) is 2.68. The molecule has 1 heterocycles. The molecule has 4 nitrogen and oxygen atoms in total. The normalized spacial score (nSPS) is 15.2. The van der Waals surface area contributed by atoms with E-state index in [1.165, 1.54) is 5.56 Å². The molecule has 2 N–H and O–H groups in total. The van der Waals surface area contributed by atoms with Crippen LogP contribution in [0.15, 0.2) is 12.4 Å². The lowest BCUT2D eigenvalue weighted by Gasteiger charge is -2.19. The van der Waals surface area contributed by atoms with E-state index >= 15 is 0 Å². The van der Waals surface area contributed by atoms with Crippen LogP contribution in [0, 0.1) is 0 Å². The Kier molecular flexibility index (Phi) is 4.78. The molecule has 0 aliphatic rings. The van der Waals surface area contributed by atoms with Gasteiger partial charge in [0.25, 0.3) is 0 Å². The standard InChI is InChI=1S/C11H21N3O/c1-4-11(8-15)13-9(3)10-6-12-14(5-2)7-10/h6-7,9,11,13,15H,4-5,8H2,1-3H3. The Morgan fingerprint density at radius 1 is 1.53 bits per heavy atom. The number of hydrogen-bond donors (Lipinski definition) is 2. The van der Waals surface area contributed by atoms with Crippen LogP contribution in [-0.4, -0.2) is 27.5 Å². The molecule has 2 unspecified atom stereocenters. The maximum atomic E-state index is 9.09. The summed E-state index contributed by atoms with van der Waals surface area (Å²) in [5, 5.41) is 16.7. The van der Waals surface area contributed by atoms with E-state index in [1.54, 1.807) is 0 Å². The first-order valence-corrected chi connectivity index (χ1v) is 5.60. The fourth-order valence-electron chi connectivity index (χ4n) is 1.53. The highest BCUT2D eigenvalue weighted by Gasteiger charge is 2.12. The van der Waals surface area contributed by atoms with Crippen molar-refractivity contribution in [2.45, 2.75) is 45.8 Å². The van der Waals surface area contributed by atoms with Crippen LogP contribution in [0.5, 0.6) is 0 Å². The van der Waals surface area contributed by atoms with Gasteiger partial charge in [0, 0.05) is 30.4 Å². The fraction of sp³-hybridized carbons (Fsp3) is 0.727. The number of hydrogen-bond acceptors (Lipinski definition) is 3. The van der Waals surface area contributed by atoms with Crippen LogP contribution in [0.4, 0.5) is 0 Å². The maximum absolute atomic E-state index is 9.09. The largest absolute Gasteiger partial charge is 0.395 e. The zero-order valence-electron chi connectivity index (χ0n) is 9.77. The number of rotatable bonds is 6. The van der Waals surface area contributed by atoms with Crippen LogP contribution < -0.4 is 5.32 Å². The van der Waals surface area contributed by atoms with Gasteiger partial charge in [-0.05, 0) is 20.3 Å². The smallest absolute Gasteiger partial charge is 0.0584 e. The van der Waals surface area contributed by atoms with E-state index < -0.39 is 0 Å². The predicted molar refractivity (Wildman–Crippen MR) is 60.6 cm³/mol. The van der Waals surface area contributed by atoms with Crippen LogP contribution in [0.25, 0.3) is 0 Å². The number of nitrogens with zero attached hydrogens (tertiary/aromatic N) is 2. The molecule has 0 spiro atoms. The van der Waals surface area contributed by atoms with Crippen molar-refractivity contribution in [1.29, 1.82) is 0 Å². The third-order valence-corrected chi connectivity index (χ3v) is 2.68. The molecule has 0 radical (unpaired) electrons. The Morgan fingerprint density at radius 2 is 2.27 bits per heavy atom. The van der Waals surface area contributed by atoms with Crippen molar-refractivity contribution in [3.05, 3.63) is 18.0 Å². The van der Waals surface area contributed by atoms with E-state index in [4.69, 9.17) is 5.11 Å². The quantitative estimate of drug-likeness (QED) is 0.746. The molecule has 2 atom stereocenters. The predicted octanol–water partition coefficient (Wildman–Crippen LogP) is 1.32. The first kappa shape index (κ1) is 12.2. The second kappa shape index (κ2) is 5.88. The molecule has 0 fully saturated rings. The molecule has 4 heteroatoms. The van der Waals surface area contributed by atoms with Gasteiger partial charge in [0.15, 0.2) is 0 Å². The SMILES string of the molecule is CCC(CO)NC(C)c1cnn(CC)c1. The Hall–Kier alpha value is -0.870. The number of nitrogens with one attached hydrogen (secondary N) is 1. The van der Waals surface area contributed by atoms with E-state index in [-0.39, 0.29) is 18.7 Å². The Morgan fingerprint density at radius 3 is 2.73 bits per heavy atom. The van der Waals surface area contributed by atoms with Crippen molar-refractivity contribution in [2.24, 2.45) is 0 Å². The summed E-state index contributed by atoms with van der Waals surface area (Å²) in [6.45, 7) is 7.30. The zero-order valence-corrected chi connectivity index (χ0v) is 9.77. The minimum atomic E-state index is 0.171. The van der Waals surface area contributed by atoms with Crippen molar-refractivity contribution >= 4 is 0 Å². The topological polar surface area (TPSA) is 50.1 Å². The molecule has 1 aromatic heterocycles. The summed E-state index contributed by atoms with van der Waals surface area (Å²) in [5.41, 5.74) is 1.17. The number of aliphatic hydroxyl groups excluding tert-OH is 1. The summed E-state index contributed by atoms with van der Waals surface area (Å²) < 4.78 is 1.91. The van der Waals surface area contributed by atoms with Crippen LogP contribution in [0.1, 0.15) is 38.8 Å². The van der Waals surface area contributed by atoms with Crippen LogP contribution in [0.2, 0.25) is 0 Å². The number of aryl methyl sites for hydroxylation is 1. The van der Waals surface area contributed by atoms with Gasteiger partial charge >= 0.3 is 0 Å². The highest BCUT2D eigenvalue weighted by Crippen LogP contribution is 2.12. The lowest BCUT2D eigenvalue weighted by Crippen LogP contribution is -2.33. The van der Waals surface area contributed by atoms with Crippen molar-refractivity contribution < 1.29 is 5.11 Å². The average molecular weight is 211 g/mol. The van der Waals surface area contributed by atoms with Crippen LogP contribution >= 0.6 is 0 Å². The van der Waals surface area contributed by atoms with Gasteiger partial charge in [-0.3, -0.25) is 4.68 Å². The summed E-state index contributed by atoms with van der Waals surface area (Å²) in [7, 11) is 0. The van der Waals surface area contributed by atoms with E-state index in [9.17, 15) is 0 Å². The third kappa shape index (κ3) is 3.32. The van der Waals surface area contributed by atoms with Gasteiger partial charge in [0.1, 0.15) is 0 Å². The summed E-state index contributed by atoms with van der Waals surface area (Å²) in [6, 6.07) is 0.410. The molecule has 1 aromatic rings. The fourth-order valence-corrected chi connectivity index (χ4v) is 1.53. The van der Waals surface area contributed by atoms with Crippen LogP contribution in [-0.2, 0) is 6.54 Å². The van der Waals surface area contributed by atoms with Crippen molar-refractivity contribution in [3.63, 3.8) is 0 Å². The van der Waals surface area contributed by atoms with Gasteiger partial charge in [-0.25, -0.2) is 0 Å². The average Bonchev–Trinajstić information content (AvgIpc) is 2.74. The Bertz CT molecular complexity index is 281. The number of aromatic nitrogens is 2. The molecule has 0 saturated heterocycles. The lowest BCUT2D eigenvalue weighted by atomic mass is 10.1. The van der Waals surface area contributed by atoms with Crippen molar-refractivity contribution in [1.82, 2.24) is 15.1 Å².